The van der Waals surface area contributed by atoms with Crippen molar-refractivity contribution in [1.82, 2.24) is 0 Å². The first kappa shape index (κ1) is 32.2. The summed E-state index contributed by atoms with van der Waals surface area (Å²) in [5.74, 6) is 0. The lowest BCUT2D eigenvalue weighted by molar-refractivity contribution is 1.58. The van der Waals surface area contributed by atoms with E-state index in [4.69, 9.17) is 0 Å². The molecule has 0 N–H and O–H groups in total. The Morgan fingerprint density at radius 2 is 0.429 bits per heavy atom. The second kappa shape index (κ2) is 13.2. The maximum absolute atomic E-state index is 2.37. The Hall–Kier alpha value is -7.28. The van der Waals surface area contributed by atoms with Gasteiger partial charge in [0.05, 0.1) is 0 Å². The van der Waals surface area contributed by atoms with Gasteiger partial charge in [0.1, 0.15) is 0 Å². The van der Waals surface area contributed by atoms with Crippen molar-refractivity contribution in [3.05, 3.63) is 218 Å². The molecule has 0 nitrogen and oxygen atoms in total. The summed E-state index contributed by atoms with van der Waals surface area (Å²) in [6.07, 6.45) is 0. The van der Waals surface area contributed by atoms with Gasteiger partial charge < -0.3 is 0 Å². The fraction of sp³-hybridized carbons (Fsp3) is 0. The smallest absolute Gasteiger partial charge is 0.00201 e. The minimum absolute atomic E-state index is 1.22. The van der Waals surface area contributed by atoms with Crippen molar-refractivity contribution < 1.29 is 0 Å². The van der Waals surface area contributed by atoms with Crippen molar-refractivity contribution in [1.29, 1.82) is 0 Å². The van der Waals surface area contributed by atoms with Crippen LogP contribution in [0.25, 0.3) is 110 Å². The van der Waals surface area contributed by atoms with Gasteiger partial charge in [-0.25, -0.2) is 0 Å². The lowest BCUT2D eigenvalue weighted by Gasteiger charge is -2.19. The molecule has 0 heterocycles. The van der Waals surface area contributed by atoms with E-state index in [1.807, 2.05) is 0 Å². The van der Waals surface area contributed by atoms with E-state index in [2.05, 4.69) is 218 Å². The predicted molar refractivity (Wildman–Crippen MR) is 240 cm³/mol. The van der Waals surface area contributed by atoms with Crippen LogP contribution in [0.2, 0.25) is 0 Å². The Morgan fingerprint density at radius 3 is 0.750 bits per heavy atom. The van der Waals surface area contributed by atoms with Gasteiger partial charge in [-0.3, -0.25) is 0 Å². The Bertz CT molecular complexity index is 2840. The number of benzene rings is 11. The van der Waals surface area contributed by atoms with Crippen LogP contribution in [0.1, 0.15) is 0 Å². The highest BCUT2D eigenvalue weighted by Crippen LogP contribution is 2.46. The summed E-state index contributed by atoms with van der Waals surface area (Å²) < 4.78 is 0. The van der Waals surface area contributed by atoms with Crippen molar-refractivity contribution in [2.75, 3.05) is 0 Å². The Labute approximate surface area is 326 Å². The maximum atomic E-state index is 2.37. The molecule has 0 fully saturated rings. The highest BCUT2D eigenvalue weighted by molar-refractivity contribution is 6.35. The molecule has 0 heteroatoms. The van der Waals surface area contributed by atoms with Crippen molar-refractivity contribution in [3.8, 4) is 66.8 Å². The van der Waals surface area contributed by atoms with Crippen LogP contribution in [0.4, 0.5) is 0 Å². The third kappa shape index (κ3) is 5.38. The standard InChI is InChI=1S/C56H36/c1-5-15-37(16-6-1)41-31-42(38-17-7-2-8-18-38)34-45(33-41)47-27-29-53-52-26-14-24-50-48(28-30-54(56(50)52)51-25-13-23-49(47)55(51)53)46-35-43(39-19-9-3-10-20-39)32-44(36-46)40-21-11-4-12-22-40/h1-36H. The lowest BCUT2D eigenvalue weighted by atomic mass is 9.84. The van der Waals surface area contributed by atoms with Gasteiger partial charge in [0.2, 0.25) is 0 Å². The fourth-order valence-electron chi connectivity index (χ4n) is 8.97. The molecule has 11 rings (SSSR count). The van der Waals surface area contributed by atoms with E-state index in [0.29, 0.717) is 0 Å². The SMILES string of the molecule is c1ccc(-c2cc(-c3ccccc3)cc(-c3ccc4c5cccc6c(-c7cc(-c8ccccc8)cc(-c8ccccc8)c7)ccc(c7cccc3c74)c65)c2)cc1. The minimum Gasteiger partial charge on any atom is -0.0622 e. The van der Waals surface area contributed by atoms with Crippen molar-refractivity contribution in [2.24, 2.45) is 0 Å². The normalized spacial score (nSPS) is 11.6. The van der Waals surface area contributed by atoms with Crippen LogP contribution >= 0.6 is 0 Å². The van der Waals surface area contributed by atoms with Crippen LogP contribution in [0.15, 0.2) is 218 Å². The average molecular weight is 709 g/mol. The van der Waals surface area contributed by atoms with Crippen molar-refractivity contribution >= 4 is 43.1 Å². The Kier molecular flexibility index (Phi) is 7.60. The lowest BCUT2D eigenvalue weighted by Crippen LogP contribution is -1.92. The van der Waals surface area contributed by atoms with Crippen LogP contribution in [-0.4, -0.2) is 0 Å². The van der Waals surface area contributed by atoms with Gasteiger partial charge in [-0.1, -0.05) is 182 Å². The summed E-state index contributed by atoms with van der Waals surface area (Å²) in [4.78, 5) is 0. The summed E-state index contributed by atoms with van der Waals surface area (Å²) in [6.45, 7) is 0. The van der Waals surface area contributed by atoms with Crippen molar-refractivity contribution in [3.63, 3.8) is 0 Å². The van der Waals surface area contributed by atoms with E-state index in [1.54, 1.807) is 0 Å². The molecule has 0 unspecified atom stereocenters. The van der Waals surface area contributed by atoms with Gasteiger partial charge in [0.15, 0.2) is 0 Å². The molecule has 260 valence electrons. The van der Waals surface area contributed by atoms with Gasteiger partial charge in [0.25, 0.3) is 0 Å². The molecule has 0 atom stereocenters. The van der Waals surface area contributed by atoms with E-state index in [0.717, 1.165) is 0 Å². The zero-order chi connectivity index (χ0) is 37.0. The Balaban J connectivity index is 1.14. The first-order valence-corrected chi connectivity index (χ1v) is 19.4. The summed E-state index contributed by atoms with van der Waals surface area (Å²) in [6, 6.07) is 80.3. The van der Waals surface area contributed by atoms with Crippen LogP contribution in [0.3, 0.4) is 0 Å². The first-order chi connectivity index (χ1) is 27.8. The van der Waals surface area contributed by atoms with Gasteiger partial charge in [-0.15, -0.1) is 0 Å². The van der Waals surface area contributed by atoms with Crippen LogP contribution in [0.5, 0.6) is 0 Å². The summed E-state index contributed by atoms with van der Waals surface area (Å²) in [7, 11) is 0. The predicted octanol–water partition coefficient (Wildman–Crippen LogP) is 15.7. The third-order valence-electron chi connectivity index (χ3n) is 11.6. The van der Waals surface area contributed by atoms with E-state index in [1.165, 1.54) is 110 Å². The second-order valence-electron chi connectivity index (χ2n) is 14.8. The zero-order valence-corrected chi connectivity index (χ0v) is 30.8. The largest absolute Gasteiger partial charge is 0.0622 e. The molecule has 11 aromatic rings. The van der Waals surface area contributed by atoms with E-state index in [9.17, 15) is 0 Å². The summed E-state index contributed by atoms with van der Waals surface area (Å²) in [5, 5.41) is 10.4. The number of fused-ring (bicyclic) bond motifs is 2. The van der Waals surface area contributed by atoms with Gasteiger partial charge in [-0.05, 0) is 146 Å². The van der Waals surface area contributed by atoms with E-state index in [-0.39, 0.29) is 0 Å². The number of hydrogen-bond donors (Lipinski definition) is 0. The van der Waals surface area contributed by atoms with Crippen LogP contribution < -0.4 is 0 Å². The van der Waals surface area contributed by atoms with Gasteiger partial charge in [0, 0.05) is 0 Å². The molecule has 0 saturated carbocycles. The molecule has 11 aromatic carbocycles. The quantitative estimate of drug-likeness (QED) is 0.119. The van der Waals surface area contributed by atoms with Crippen molar-refractivity contribution in [2.45, 2.75) is 0 Å². The monoisotopic (exact) mass is 708 g/mol. The molecule has 0 bridgehead atoms. The van der Waals surface area contributed by atoms with Crippen LogP contribution in [0, 0.1) is 0 Å². The molecule has 0 aliphatic heterocycles. The molecular formula is C56H36. The van der Waals surface area contributed by atoms with Gasteiger partial charge >= 0.3 is 0 Å². The highest BCUT2D eigenvalue weighted by atomic mass is 14.2. The second-order valence-corrected chi connectivity index (χ2v) is 14.8. The van der Waals surface area contributed by atoms with E-state index >= 15 is 0 Å². The number of hydrogen-bond acceptors (Lipinski definition) is 0. The first-order valence-electron chi connectivity index (χ1n) is 19.4. The molecule has 0 aliphatic rings. The molecule has 0 aromatic heterocycles. The molecular weight excluding hydrogens is 673 g/mol. The molecule has 56 heavy (non-hydrogen) atoms. The van der Waals surface area contributed by atoms with E-state index < -0.39 is 0 Å². The zero-order valence-electron chi connectivity index (χ0n) is 30.8. The maximum Gasteiger partial charge on any atom is -0.00201 e. The topological polar surface area (TPSA) is 0 Å². The minimum atomic E-state index is 1.22. The van der Waals surface area contributed by atoms with Crippen LogP contribution in [-0.2, 0) is 0 Å². The molecule has 0 aliphatic carbocycles. The molecule has 0 spiro atoms. The fourth-order valence-corrected chi connectivity index (χ4v) is 8.97. The highest BCUT2D eigenvalue weighted by Gasteiger charge is 2.19. The molecule has 0 saturated heterocycles. The Morgan fingerprint density at radius 1 is 0.161 bits per heavy atom. The average Bonchev–Trinajstić information content (AvgIpc) is 3.28. The molecule has 0 amide bonds. The molecule has 0 radical (unpaired) electrons. The third-order valence-corrected chi connectivity index (χ3v) is 11.6. The summed E-state index contributed by atoms with van der Waals surface area (Å²) >= 11 is 0. The van der Waals surface area contributed by atoms with Gasteiger partial charge in [-0.2, -0.15) is 0 Å². The number of rotatable bonds is 6. The summed E-state index contributed by atoms with van der Waals surface area (Å²) in [5.41, 5.74) is 14.7.